The number of carbonyl (C=O) groups excluding carboxylic acids is 1. The van der Waals surface area contributed by atoms with E-state index in [0.29, 0.717) is 5.57 Å². The van der Waals surface area contributed by atoms with E-state index >= 15 is 0 Å². The normalized spacial score (nSPS) is 54.8. The molecule has 1 saturated carbocycles. The molecular weight excluding hydrogens is 244 g/mol. The van der Waals surface area contributed by atoms with Crippen molar-refractivity contribution < 1.29 is 19.3 Å². The first-order valence-electron chi connectivity index (χ1n) is 6.93. The van der Waals surface area contributed by atoms with Crippen molar-refractivity contribution in [3.63, 3.8) is 0 Å². The third kappa shape index (κ3) is 1.24. The highest BCUT2D eigenvalue weighted by Crippen LogP contribution is 2.59. The Morgan fingerprint density at radius 2 is 2.11 bits per heavy atom. The lowest BCUT2D eigenvalue weighted by molar-refractivity contribution is -0.344. The Morgan fingerprint density at radius 3 is 2.79 bits per heavy atom. The Kier molecular flexibility index (Phi) is 2.03. The van der Waals surface area contributed by atoms with Gasteiger partial charge in [-0.25, -0.2) is 14.6 Å². The molecule has 2 saturated heterocycles. The van der Waals surface area contributed by atoms with Gasteiger partial charge in [0.25, 0.3) is 0 Å². The van der Waals surface area contributed by atoms with Crippen LogP contribution in [0.2, 0.25) is 0 Å². The summed E-state index contributed by atoms with van der Waals surface area (Å²) < 4.78 is 5.47. The summed E-state index contributed by atoms with van der Waals surface area (Å²) in [5.74, 6) is 0.359. The van der Waals surface area contributed by atoms with E-state index in [-0.39, 0.29) is 41.0 Å². The molecule has 3 fully saturated rings. The summed E-state index contributed by atoms with van der Waals surface area (Å²) in [6.07, 6.45) is 5.85. The maximum Gasteiger partial charge on any atom is 0.334 e. The zero-order chi connectivity index (χ0) is 13.4. The number of esters is 1. The van der Waals surface area contributed by atoms with E-state index in [1.54, 1.807) is 0 Å². The molecule has 4 aliphatic rings. The van der Waals surface area contributed by atoms with E-state index in [9.17, 15) is 4.79 Å². The molecule has 0 aromatic rings. The van der Waals surface area contributed by atoms with Crippen LogP contribution < -0.4 is 0 Å². The van der Waals surface area contributed by atoms with Crippen LogP contribution in [0, 0.1) is 17.8 Å². The lowest BCUT2D eigenvalue weighted by atomic mass is 9.74. The quantitative estimate of drug-likeness (QED) is 0.290. The summed E-state index contributed by atoms with van der Waals surface area (Å²) >= 11 is 0. The summed E-state index contributed by atoms with van der Waals surface area (Å²) in [5.41, 5.74) is -0.120. The number of hydrogen-bond acceptors (Lipinski definition) is 4. The number of rotatable bonds is 0. The third-order valence-electron chi connectivity index (χ3n) is 5.54. The summed E-state index contributed by atoms with van der Waals surface area (Å²) in [4.78, 5) is 23.0. The van der Waals surface area contributed by atoms with Crippen LogP contribution in [0.25, 0.3) is 0 Å². The fourth-order valence-electron chi connectivity index (χ4n) is 4.28. The first-order chi connectivity index (χ1) is 8.96. The number of hydrogen-bond donors (Lipinski definition) is 0. The Balaban J connectivity index is 1.77. The molecule has 102 valence electrons. The van der Waals surface area contributed by atoms with E-state index in [0.717, 1.165) is 12.8 Å². The highest BCUT2D eigenvalue weighted by molar-refractivity contribution is 5.90. The van der Waals surface area contributed by atoms with Crippen LogP contribution in [-0.4, -0.2) is 23.3 Å². The molecule has 2 aliphatic heterocycles. The van der Waals surface area contributed by atoms with Crippen LogP contribution in [-0.2, 0) is 19.3 Å². The number of fused-ring (bicyclic) bond motifs is 1. The maximum absolute atomic E-state index is 11.7. The van der Waals surface area contributed by atoms with Crippen molar-refractivity contribution in [2.75, 3.05) is 0 Å². The highest BCUT2D eigenvalue weighted by Gasteiger charge is 2.66. The summed E-state index contributed by atoms with van der Waals surface area (Å²) in [7, 11) is 0. The average Bonchev–Trinajstić information content (AvgIpc) is 2.88. The predicted octanol–water partition coefficient (Wildman–Crippen LogP) is 2.16. The second kappa shape index (κ2) is 3.30. The SMILES string of the molecule is C=C1C(=O)O[C@@H]2C[C@@H](C)[C@]34C=C[C@](C)(OO3)[C@@H]4C[C@H]12. The molecule has 4 nitrogen and oxygen atoms in total. The molecular formula is C15H18O4. The molecule has 19 heavy (non-hydrogen) atoms. The van der Waals surface area contributed by atoms with E-state index in [1.807, 2.05) is 0 Å². The molecule has 4 heteroatoms. The maximum atomic E-state index is 11.7. The van der Waals surface area contributed by atoms with E-state index in [4.69, 9.17) is 14.5 Å². The Labute approximate surface area is 112 Å². The third-order valence-corrected chi connectivity index (χ3v) is 5.54. The average molecular weight is 262 g/mol. The van der Waals surface area contributed by atoms with Crippen LogP contribution >= 0.6 is 0 Å². The smallest absolute Gasteiger partial charge is 0.334 e. The van der Waals surface area contributed by atoms with Crippen molar-refractivity contribution in [2.24, 2.45) is 17.8 Å². The zero-order valence-corrected chi connectivity index (χ0v) is 11.2. The van der Waals surface area contributed by atoms with Crippen LogP contribution in [0.1, 0.15) is 26.7 Å². The van der Waals surface area contributed by atoms with Crippen molar-refractivity contribution in [1.29, 1.82) is 0 Å². The molecule has 0 aromatic heterocycles. The summed E-state index contributed by atoms with van der Waals surface area (Å²) in [5, 5.41) is 0. The second-order valence-corrected chi connectivity index (χ2v) is 6.54. The van der Waals surface area contributed by atoms with Gasteiger partial charge in [-0.15, -0.1) is 0 Å². The van der Waals surface area contributed by atoms with Gasteiger partial charge in [-0.05, 0) is 31.8 Å². The van der Waals surface area contributed by atoms with Gasteiger partial charge in [0.15, 0.2) is 0 Å². The zero-order valence-electron chi connectivity index (χ0n) is 11.2. The van der Waals surface area contributed by atoms with E-state index in [1.165, 1.54) is 0 Å². The van der Waals surface area contributed by atoms with Crippen LogP contribution in [0.15, 0.2) is 24.3 Å². The van der Waals surface area contributed by atoms with Gasteiger partial charge in [0.1, 0.15) is 17.3 Å². The summed E-state index contributed by atoms with van der Waals surface area (Å²) in [6, 6.07) is 0. The molecule has 2 aliphatic carbocycles. The fraction of sp³-hybridized carbons (Fsp3) is 0.667. The molecule has 0 amide bonds. The molecule has 4 rings (SSSR count). The van der Waals surface area contributed by atoms with Gasteiger partial charge < -0.3 is 4.74 Å². The lowest BCUT2D eigenvalue weighted by Crippen LogP contribution is -2.40. The largest absolute Gasteiger partial charge is 0.458 e. The van der Waals surface area contributed by atoms with Gasteiger partial charge >= 0.3 is 5.97 Å². The fourth-order valence-corrected chi connectivity index (χ4v) is 4.28. The minimum Gasteiger partial charge on any atom is -0.458 e. The number of carbonyl (C=O) groups is 1. The van der Waals surface area contributed by atoms with Gasteiger partial charge in [0, 0.05) is 17.4 Å². The highest BCUT2D eigenvalue weighted by atomic mass is 17.2. The topological polar surface area (TPSA) is 44.8 Å². The van der Waals surface area contributed by atoms with Crippen LogP contribution in [0.5, 0.6) is 0 Å². The van der Waals surface area contributed by atoms with Crippen molar-refractivity contribution in [2.45, 2.75) is 44.0 Å². The molecule has 2 heterocycles. The van der Waals surface area contributed by atoms with Crippen molar-refractivity contribution in [3.8, 4) is 0 Å². The molecule has 0 aromatic carbocycles. The standard InChI is InChI=1S/C15H18O4/c1-8-6-11-10(9(2)13(16)17-11)7-12-14(3)4-5-15(8,12)19-18-14/h4-5,8,10-12H,2,6-7H2,1,3H3/t8-,10-,11-,12+,14+,15+/m1/s1. The molecule has 0 radical (unpaired) electrons. The summed E-state index contributed by atoms with van der Waals surface area (Å²) in [6.45, 7) is 8.11. The van der Waals surface area contributed by atoms with Crippen molar-refractivity contribution >= 4 is 5.97 Å². The van der Waals surface area contributed by atoms with Crippen LogP contribution in [0.4, 0.5) is 0 Å². The molecule has 0 spiro atoms. The van der Waals surface area contributed by atoms with Gasteiger partial charge in [0.2, 0.25) is 0 Å². The first kappa shape index (κ1) is 11.7. The molecule has 0 unspecified atom stereocenters. The molecule has 2 bridgehead atoms. The van der Waals surface area contributed by atoms with Crippen LogP contribution in [0.3, 0.4) is 0 Å². The number of ether oxygens (including phenoxy) is 1. The Bertz CT molecular complexity index is 510. The molecule has 0 N–H and O–H groups in total. The Hall–Kier alpha value is -1.13. The first-order valence-corrected chi connectivity index (χ1v) is 6.93. The van der Waals surface area contributed by atoms with Gasteiger partial charge in [-0.2, -0.15) is 0 Å². The lowest BCUT2D eigenvalue weighted by Gasteiger charge is -2.31. The molecule has 6 atom stereocenters. The van der Waals surface area contributed by atoms with Gasteiger partial charge in [0.05, 0.1) is 0 Å². The van der Waals surface area contributed by atoms with Gasteiger partial charge in [-0.3, -0.25) is 0 Å². The monoisotopic (exact) mass is 262 g/mol. The Morgan fingerprint density at radius 1 is 1.32 bits per heavy atom. The minimum atomic E-state index is -0.380. The predicted molar refractivity (Wildman–Crippen MR) is 66.8 cm³/mol. The second-order valence-electron chi connectivity index (χ2n) is 6.54. The van der Waals surface area contributed by atoms with Crippen molar-refractivity contribution in [3.05, 3.63) is 24.3 Å². The van der Waals surface area contributed by atoms with E-state index in [2.05, 4.69) is 32.6 Å². The minimum absolute atomic E-state index is 0.0446. The van der Waals surface area contributed by atoms with Gasteiger partial charge in [-0.1, -0.05) is 19.6 Å². The van der Waals surface area contributed by atoms with Crippen molar-refractivity contribution in [1.82, 2.24) is 0 Å². The van der Waals surface area contributed by atoms with E-state index < -0.39 is 0 Å².